The summed E-state index contributed by atoms with van der Waals surface area (Å²) in [5.41, 5.74) is 4.58. The number of β-amino-alcohol motifs (C(OH)–C–C–N with tert-alkyl or cyclic N) is 1. The van der Waals surface area contributed by atoms with E-state index in [4.69, 9.17) is 9.47 Å². The fourth-order valence-corrected chi connectivity index (χ4v) is 5.36. The Labute approximate surface area is 202 Å². The van der Waals surface area contributed by atoms with E-state index in [1.54, 1.807) is 0 Å². The molecule has 3 N–H and O–H groups in total. The summed E-state index contributed by atoms with van der Waals surface area (Å²) >= 11 is 0. The maximum Gasteiger partial charge on any atom is 0.407 e. The minimum absolute atomic E-state index is 0.0144. The molecule has 2 aliphatic heterocycles. The van der Waals surface area contributed by atoms with Crippen molar-refractivity contribution < 1.29 is 34.1 Å². The van der Waals surface area contributed by atoms with Crippen molar-refractivity contribution in [2.24, 2.45) is 0 Å². The van der Waals surface area contributed by atoms with E-state index in [-0.39, 0.29) is 38.1 Å². The molecule has 0 spiro atoms. The van der Waals surface area contributed by atoms with Crippen molar-refractivity contribution in [1.82, 2.24) is 10.2 Å². The van der Waals surface area contributed by atoms with Gasteiger partial charge in [-0.2, -0.15) is 0 Å². The fourth-order valence-electron chi connectivity index (χ4n) is 5.36. The number of aliphatic hydroxyl groups excluding tert-OH is 1. The zero-order valence-electron chi connectivity index (χ0n) is 19.1. The number of nitrogens with zero attached hydrogens (tertiary/aromatic N) is 1. The second-order valence-corrected chi connectivity index (χ2v) is 9.26. The van der Waals surface area contributed by atoms with Gasteiger partial charge in [-0.15, -0.1) is 0 Å². The van der Waals surface area contributed by atoms with Crippen LogP contribution in [0.5, 0.6) is 0 Å². The van der Waals surface area contributed by atoms with Gasteiger partial charge in [0.1, 0.15) is 18.8 Å². The van der Waals surface area contributed by atoms with Crippen LogP contribution in [0.15, 0.2) is 48.5 Å². The summed E-state index contributed by atoms with van der Waals surface area (Å²) in [6.07, 6.45) is -1.58. The molecule has 35 heavy (non-hydrogen) atoms. The predicted octanol–water partition coefficient (Wildman–Crippen LogP) is 2.12. The highest BCUT2D eigenvalue weighted by Crippen LogP contribution is 2.44. The summed E-state index contributed by atoms with van der Waals surface area (Å²) in [6, 6.07) is 15.2. The van der Waals surface area contributed by atoms with Crippen molar-refractivity contribution in [3.05, 3.63) is 59.7 Å². The monoisotopic (exact) mass is 480 g/mol. The molecule has 4 atom stereocenters. The minimum atomic E-state index is -1.14. The van der Waals surface area contributed by atoms with Crippen LogP contribution in [0.3, 0.4) is 0 Å². The van der Waals surface area contributed by atoms with Gasteiger partial charge in [-0.25, -0.2) is 9.59 Å². The van der Waals surface area contributed by atoms with Gasteiger partial charge in [0, 0.05) is 25.4 Å². The predicted molar refractivity (Wildman–Crippen MR) is 125 cm³/mol. The zero-order valence-corrected chi connectivity index (χ0v) is 19.1. The number of carboxylic acids is 1. The van der Waals surface area contributed by atoms with Gasteiger partial charge in [0.05, 0.1) is 12.2 Å². The Morgan fingerprint density at radius 3 is 2.34 bits per heavy atom. The Kier molecular flexibility index (Phi) is 6.44. The van der Waals surface area contributed by atoms with Crippen molar-refractivity contribution in [1.29, 1.82) is 0 Å². The number of carbonyl (C=O) groups excluding carboxylic acids is 2. The number of alkyl carbamates (subject to hydrolysis) is 1. The number of ether oxygens (including phenoxy) is 2. The van der Waals surface area contributed by atoms with Crippen molar-refractivity contribution in [3.8, 4) is 11.1 Å². The van der Waals surface area contributed by atoms with E-state index in [0.29, 0.717) is 12.8 Å². The number of carbonyl (C=O) groups is 3. The summed E-state index contributed by atoms with van der Waals surface area (Å²) in [7, 11) is 0. The standard InChI is InChI=1S/C26H28N2O7/c29-15-11-22(25(31)32)28(13-15)24(30)23-10-9-16(35-23)12-27-26(33)34-14-21-19-7-3-1-5-17(19)18-6-2-4-8-20(18)21/h1-8,15-16,21-23,29H,9-14H2,(H,27,33)(H,31,32)/t15?,16?,22-,23?/m0/s1. The number of fused-ring (bicyclic) bond motifs is 3. The average molecular weight is 481 g/mol. The molecule has 0 saturated carbocycles. The summed E-state index contributed by atoms with van der Waals surface area (Å²) in [4.78, 5) is 37.7. The Balaban J connectivity index is 1.11. The van der Waals surface area contributed by atoms with Crippen molar-refractivity contribution in [2.45, 2.75) is 49.5 Å². The molecule has 0 bridgehead atoms. The fraction of sp³-hybridized carbons (Fsp3) is 0.423. The van der Waals surface area contributed by atoms with Crippen LogP contribution < -0.4 is 5.32 Å². The lowest BCUT2D eigenvalue weighted by Crippen LogP contribution is -2.46. The van der Waals surface area contributed by atoms with Gasteiger partial charge >= 0.3 is 12.1 Å². The maximum absolute atomic E-state index is 12.8. The van der Waals surface area contributed by atoms with Crippen molar-refractivity contribution in [3.63, 3.8) is 0 Å². The van der Waals surface area contributed by atoms with Crippen molar-refractivity contribution in [2.75, 3.05) is 19.7 Å². The molecule has 2 saturated heterocycles. The first-order valence-electron chi connectivity index (χ1n) is 11.9. The van der Waals surface area contributed by atoms with E-state index >= 15 is 0 Å². The molecular formula is C26H28N2O7. The second-order valence-electron chi connectivity index (χ2n) is 9.26. The van der Waals surface area contributed by atoms with Crippen LogP contribution >= 0.6 is 0 Å². The molecule has 1 aliphatic carbocycles. The number of aliphatic hydroxyl groups is 1. The van der Waals surface area contributed by atoms with Crippen LogP contribution in [0.25, 0.3) is 11.1 Å². The second kappa shape index (κ2) is 9.67. The lowest BCUT2D eigenvalue weighted by atomic mass is 9.98. The van der Waals surface area contributed by atoms with E-state index in [9.17, 15) is 24.6 Å². The molecule has 2 heterocycles. The third kappa shape index (κ3) is 4.61. The van der Waals surface area contributed by atoms with Gasteiger partial charge in [-0.1, -0.05) is 48.5 Å². The topological polar surface area (TPSA) is 125 Å². The van der Waals surface area contributed by atoms with E-state index in [2.05, 4.69) is 29.6 Å². The number of benzene rings is 2. The summed E-state index contributed by atoms with van der Waals surface area (Å²) in [6.45, 7) is 0.379. The Hall–Kier alpha value is -3.43. The molecule has 5 rings (SSSR count). The quantitative estimate of drug-likeness (QED) is 0.578. The minimum Gasteiger partial charge on any atom is -0.480 e. The zero-order chi connectivity index (χ0) is 24.5. The van der Waals surface area contributed by atoms with E-state index < -0.39 is 36.2 Å². The number of rotatable bonds is 6. The SMILES string of the molecule is O=C(NCC1CCC(C(=O)N2CC(O)C[C@H]2C(=O)O)O1)OCC1c2ccccc2-c2ccccc21. The van der Waals surface area contributed by atoms with Crippen LogP contribution in [-0.4, -0.2) is 77.1 Å². The third-order valence-corrected chi connectivity index (χ3v) is 7.05. The van der Waals surface area contributed by atoms with E-state index in [0.717, 1.165) is 22.3 Å². The van der Waals surface area contributed by atoms with Gasteiger partial charge < -0.3 is 29.9 Å². The molecule has 9 nitrogen and oxygen atoms in total. The molecule has 0 radical (unpaired) electrons. The lowest BCUT2D eigenvalue weighted by molar-refractivity contribution is -0.153. The number of aliphatic carboxylic acids is 1. The first-order valence-corrected chi connectivity index (χ1v) is 11.9. The number of likely N-dealkylation sites (tertiary alicyclic amines) is 1. The number of hydrogen-bond acceptors (Lipinski definition) is 6. The highest BCUT2D eigenvalue weighted by Gasteiger charge is 2.43. The molecule has 0 aromatic heterocycles. The molecule has 2 aromatic carbocycles. The normalized spacial score (nSPS) is 25.2. The van der Waals surface area contributed by atoms with Crippen LogP contribution in [0.2, 0.25) is 0 Å². The van der Waals surface area contributed by atoms with Crippen molar-refractivity contribution >= 4 is 18.0 Å². The van der Waals surface area contributed by atoms with E-state index in [1.165, 1.54) is 4.90 Å². The van der Waals surface area contributed by atoms with E-state index in [1.807, 2.05) is 24.3 Å². The molecule has 3 unspecified atom stereocenters. The summed E-state index contributed by atoms with van der Waals surface area (Å²) in [5.74, 6) is -1.60. The number of carboxylic acid groups (broad SMARTS) is 1. The Morgan fingerprint density at radius 1 is 1.03 bits per heavy atom. The van der Waals surface area contributed by atoms with Crippen LogP contribution in [-0.2, 0) is 19.1 Å². The highest BCUT2D eigenvalue weighted by molar-refractivity contribution is 5.87. The molecule has 2 aromatic rings. The number of hydrogen-bond donors (Lipinski definition) is 3. The molecule has 2 amide bonds. The molecular weight excluding hydrogens is 452 g/mol. The third-order valence-electron chi connectivity index (χ3n) is 7.05. The van der Waals surface area contributed by atoms with Crippen LogP contribution in [0, 0.1) is 0 Å². The summed E-state index contributed by atoms with van der Waals surface area (Å²) in [5, 5.41) is 21.8. The lowest BCUT2D eigenvalue weighted by Gasteiger charge is -2.24. The number of amides is 2. The number of nitrogens with one attached hydrogen (secondary N) is 1. The average Bonchev–Trinajstić information content (AvgIpc) is 3.57. The first kappa shape index (κ1) is 23.3. The molecule has 2 fully saturated rings. The van der Waals surface area contributed by atoms with Crippen LogP contribution in [0.4, 0.5) is 4.79 Å². The van der Waals surface area contributed by atoms with Gasteiger partial charge in [-0.05, 0) is 35.1 Å². The van der Waals surface area contributed by atoms with Gasteiger partial charge in [0.2, 0.25) is 0 Å². The smallest absolute Gasteiger partial charge is 0.407 e. The molecule has 184 valence electrons. The van der Waals surface area contributed by atoms with Gasteiger partial charge in [-0.3, -0.25) is 4.79 Å². The Bertz CT molecular complexity index is 1090. The largest absolute Gasteiger partial charge is 0.480 e. The highest BCUT2D eigenvalue weighted by atomic mass is 16.6. The molecule has 3 aliphatic rings. The van der Waals surface area contributed by atoms with Crippen LogP contribution in [0.1, 0.15) is 36.3 Å². The molecule has 9 heteroatoms. The maximum atomic E-state index is 12.8. The Morgan fingerprint density at radius 2 is 1.69 bits per heavy atom. The van der Waals surface area contributed by atoms with Gasteiger partial charge in [0.15, 0.2) is 0 Å². The first-order chi connectivity index (χ1) is 16.9. The van der Waals surface area contributed by atoms with Gasteiger partial charge in [0.25, 0.3) is 5.91 Å². The summed E-state index contributed by atoms with van der Waals surface area (Å²) < 4.78 is 11.3.